The maximum Gasteiger partial charge on any atom is 0.312 e. The lowest BCUT2D eigenvalue weighted by Gasteiger charge is -2.27. The van der Waals surface area contributed by atoms with Gasteiger partial charge in [-0.1, -0.05) is 12.1 Å². The summed E-state index contributed by atoms with van der Waals surface area (Å²) in [5, 5.41) is 9.49. The maximum atomic E-state index is 11.6. The van der Waals surface area contributed by atoms with Crippen molar-refractivity contribution in [3.8, 4) is 5.75 Å². The summed E-state index contributed by atoms with van der Waals surface area (Å²) < 4.78 is 10.6. The Balaban J connectivity index is 2.05. The van der Waals surface area contributed by atoms with Crippen LogP contribution in [-0.2, 0) is 16.0 Å². The van der Waals surface area contributed by atoms with Gasteiger partial charge in [-0.3, -0.25) is 4.79 Å². The molecule has 1 aromatic carbocycles. The van der Waals surface area contributed by atoms with Crippen LogP contribution < -0.4 is 4.74 Å². The molecule has 4 heteroatoms. The molecule has 1 N–H and O–H groups in total. The van der Waals surface area contributed by atoms with Crippen LogP contribution in [0.5, 0.6) is 5.75 Å². The number of aliphatic carboxylic acids is 1. The summed E-state index contributed by atoms with van der Waals surface area (Å²) >= 11 is 0. The molecule has 2 atom stereocenters. The first-order chi connectivity index (χ1) is 9.08. The number of methoxy groups -OCH3 is 1. The van der Waals surface area contributed by atoms with Crippen LogP contribution in [0, 0.1) is 5.41 Å². The van der Waals surface area contributed by atoms with E-state index in [1.54, 1.807) is 7.11 Å². The highest BCUT2D eigenvalue weighted by atomic mass is 16.5. The van der Waals surface area contributed by atoms with Crippen LogP contribution in [-0.4, -0.2) is 30.9 Å². The van der Waals surface area contributed by atoms with Crippen LogP contribution in [0.4, 0.5) is 0 Å². The Labute approximate surface area is 113 Å². The molecule has 0 bridgehead atoms. The van der Waals surface area contributed by atoms with Gasteiger partial charge in [0.25, 0.3) is 0 Å². The second kappa shape index (κ2) is 5.61. The number of carboxylic acid groups (broad SMARTS) is 1. The molecule has 1 heterocycles. The van der Waals surface area contributed by atoms with Crippen LogP contribution in [0.15, 0.2) is 24.3 Å². The highest BCUT2D eigenvalue weighted by Crippen LogP contribution is 2.39. The minimum Gasteiger partial charge on any atom is -0.497 e. The summed E-state index contributed by atoms with van der Waals surface area (Å²) in [6, 6.07) is 7.76. The third-order valence-corrected chi connectivity index (χ3v) is 4.14. The molecule has 0 aromatic heterocycles. The molecular weight excluding hydrogens is 244 g/mol. The van der Waals surface area contributed by atoms with E-state index in [-0.39, 0.29) is 6.10 Å². The lowest BCUT2D eigenvalue weighted by molar-refractivity contribution is -0.152. The largest absolute Gasteiger partial charge is 0.497 e. The SMILES string of the molecule is COc1ccc(CCC2(C(=O)O)CCOC2C)cc1. The van der Waals surface area contributed by atoms with E-state index >= 15 is 0 Å². The van der Waals surface area contributed by atoms with E-state index in [9.17, 15) is 9.90 Å². The van der Waals surface area contributed by atoms with Crippen LogP contribution in [0.25, 0.3) is 0 Å². The minimum absolute atomic E-state index is 0.219. The van der Waals surface area contributed by atoms with Gasteiger partial charge in [0.1, 0.15) is 5.75 Å². The predicted molar refractivity (Wildman–Crippen MR) is 71.4 cm³/mol. The minimum atomic E-state index is -0.744. The predicted octanol–water partition coefficient (Wildman–Crippen LogP) is 2.51. The number of ether oxygens (including phenoxy) is 2. The molecule has 4 nitrogen and oxygen atoms in total. The summed E-state index contributed by atoms with van der Waals surface area (Å²) in [6.07, 6.45) is 1.72. The first-order valence-electron chi connectivity index (χ1n) is 6.56. The number of benzene rings is 1. The van der Waals surface area contributed by atoms with Gasteiger partial charge in [0.15, 0.2) is 0 Å². The Morgan fingerprint density at radius 3 is 2.63 bits per heavy atom. The van der Waals surface area contributed by atoms with Crippen molar-refractivity contribution < 1.29 is 19.4 Å². The zero-order valence-corrected chi connectivity index (χ0v) is 11.4. The fourth-order valence-corrected chi connectivity index (χ4v) is 2.66. The number of hydrogen-bond acceptors (Lipinski definition) is 3. The summed E-state index contributed by atoms with van der Waals surface area (Å²) in [6.45, 7) is 2.39. The molecule has 0 amide bonds. The molecule has 1 aromatic rings. The van der Waals surface area contributed by atoms with E-state index in [1.165, 1.54) is 0 Å². The smallest absolute Gasteiger partial charge is 0.312 e. The molecule has 104 valence electrons. The van der Waals surface area contributed by atoms with Gasteiger partial charge >= 0.3 is 5.97 Å². The van der Waals surface area contributed by atoms with Gasteiger partial charge in [0.2, 0.25) is 0 Å². The zero-order chi connectivity index (χ0) is 13.9. The Hall–Kier alpha value is -1.55. The van der Waals surface area contributed by atoms with Crippen molar-refractivity contribution in [2.45, 2.75) is 32.3 Å². The van der Waals surface area contributed by atoms with E-state index < -0.39 is 11.4 Å². The average Bonchev–Trinajstić information content (AvgIpc) is 2.79. The van der Waals surface area contributed by atoms with Gasteiger partial charge in [0, 0.05) is 6.61 Å². The van der Waals surface area contributed by atoms with Crippen molar-refractivity contribution in [1.82, 2.24) is 0 Å². The zero-order valence-electron chi connectivity index (χ0n) is 11.4. The van der Waals surface area contributed by atoms with E-state index in [0.29, 0.717) is 19.4 Å². The van der Waals surface area contributed by atoms with Gasteiger partial charge in [-0.2, -0.15) is 0 Å². The van der Waals surface area contributed by atoms with E-state index in [2.05, 4.69) is 0 Å². The molecule has 19 heavy (non-hydrogen) atoms. The maximum absolute atomic E-state index is 11.6. The number of carboxylic acids is 1. The highest BCUT2D eigenvalue weighted by Gasteiger charge is 2.47. The average molecular weight is 264 g/mol. The quantitative estimate of drug-likeness (QED) is 0.887. The lowest BCUT2D eigenvalue weighted by atomic mass is 9.77. The van der Waals surface area contributed by atoms with Gasteiger partial charge in [-0.15, -0.1) is 0 Å². The first-order valence-corrected chi connectivity index (χ1v) is 6.56. The number of aryl methyl sites for hydroxylation is 1. The molecule has 1 fully saturated rings. The highest BCUT2D eigenvalue weighted by molar-refractivity contribution is 5.75. The topological polar surface area (TPSA) is 55.8 Å². The summed E-state index contributed by atoms with van der Waals surface area (Å²) in [5.74, 6) is 0.0697. The number of hydrogen-bond donors (Lipinski definition) is 1. The molecule has 1 aliphatic heterocycles. The first kappa shape index (κ1) is 13.9. The third-order valence-electron chi connectivity index (χ3n) is 4.14. The molecular formula is C15H20O4. The second-order valence-corrected chi connectivity index (χ2v) is 5.07. The fraction of sp³-hybridized carbons (Fsp3) is 0.533. The summed E-state index contributed by atoms with van der Waals surface area (Å²) in [4.78, 5) is 11.6. The molecule has 2 unspecified atom stereocenters. The van der Waals surface area contributed by atoms with Gasteiger partial charge in [-0.05, 0) is 43.9 Å². The van der Waals surface area contributed by atoms with E-state index in [4.69, 9.17) is 9.47 Å². The molecule has 0 radical (unpaired) electrons. The van der Waals surface area contributed by atoms with Crippen molar-refractivity contribution in [2.24, 2.45) is 5.41 Å². The molecule has 0 saturated carbocycles. The standard InChI is InChI=1S/C15H20O4/c1-11-15(14(16)17,9-10-19-11)8-7-12-3-5-13(18-2)6-4-12/h3-6,11H,7-10H2,1-2H3,(H,16,17). The van der Waals surface area contributed by atoms with Crippen LogP contribution in [0.1, 0.15) is 25.3 Å². The van der Waals surface area contributed by atoms with Gasteiger partial charge in [-0.25, -0.2) is 0 Å². The normalized spacial score (nSPS) is 26.3. The van der Waals surface area contributed by atoms with E-state index in [1.807, 2.05) is 31.2 Å². The molecule has 2 rings (SSSR count). The van der Waals surface area contributed by atoms with Crippen LogP contribution >= 0.6 is 0 Å². The summed E-state index contributed by atoms with van der Waals surface area (Å²) in [7, 11) is 1.63. The number of carbonyl (C=O) groups is 1. The van der Waals surface area contributed by atoms with Crippen molar-refractivity contribution in [3.05, 3.63) is 29.8 Å². The Bertz CT molecular complexity index is 440. The van der Waals surface area contributed by atoms with Crippen molar-refractivity contribution in [3.63, 3.8) is 0 Å². The number of rotatable bonds is 5. The third kappa shape index (κ3) is 2.73. The molecule has 1 saturated heterocycles. The monoisotopic (exact) mass is 264 g/mol. The Kier molecular flexibility index (Phi) is 4.10. The van der Waals surface area contributed by atoms with Gasteiger partial charge < -0.3 is 14.6 Å². The Morgan fingerprint density at radius 2 is 2.16 bits per heavy atom. The fourth-order valence-electron chi connectivity index (χ4n) is 2.66. The van der Waals surface area contributed by atoms with Crippen molar-refractivity contribution in [1.29, 1.82) is 0 Å². The Morgan fingerprint density at radius 1 is 1.47 bits per heavy atom. The molecule has 0 spiro atoms. The van der Waals surface area contributed by atoms with Crippen molar-refractivity contribution >= 4 is 5.97 Å². The van der Waals surface area contributed by atoms with Crippen molar-refractivity contribution in [2.75, 3.05) is 13.7 Å². The van der Waals surface area contributed by atoms with Crippen LogP contribution in [0.2, 0.25) is 0 Å². The molecule has 1 aliphatic rings. The summed E-state index contributed by atoms with van der Waals surface area (Å²) in [5.41, 5.74) is 0.389. The second-order valence-electron chi connectivity index (χ2n) is 5.07. The van der Waals surface area contributed by atoms with Crippen LogP contribution in [0.3, 0.4) is 0 Å². The molecule has 0 aliphatic carbocycles. The lowest BCUT2D eigenvalue weighted by Crippen LogP contribution is -2.37. The van der Waals surface area contributed by atoms with Gasteiger partial charge in [0.05, 0.1) is 18.6 Å². The van der Waals surface area contributed by atoms with E-state index in [0.717, 1.165) is 17.7 Å².